The summed E-state index contributed by atoms with van der Waals surface area (Å²) in [6.07, 6.45) is 2.39. The first kappa shape index (κ1) is 11.9. The minimum absolute atomic E-state index is 0.708. The van der Waals surface area contributed by atoms with Crippen LogP contribution in [0.5, 0.6) is 0 Å². The smallest absolute Gasteiger partial charge is 0.147 e. The molecule has 3 N–H and O–H groups in total. The number of nitrogens with two attached hydrogens (primary N) is 1. The van der Waals surface area contributed by atoms with Crippen LogP contribution in [0.15, 0.2) is 0 Å². The highest BCUT2D eigenvalue weighted by Crippen LogP contribution is 2.21. The lowest BCUT2D eigenvalue weighted by Gasteiger charge is -2.14. The Kier molecular flexibility index (Phi) is 4.00. The van der Waals surface area contributed by atoms with Gasteiger partial charge in [0.1, 0.15) is 5.82 Å². The fourth-order valence-electron chi connectivity index (χ4n) is 1.70. The summed E-state index contributed by atoms with van der Waals surface area (Å²) in [5.74, 6) is 1.65. The second-order valence-corrected chi connectivity index (χ2v) is 4.03. The molecule has 1 heterocycles. The van der Waals surface area contributed by atoms with Crippen LogP contribution >= 0.6 is 0 Å². The van der Waals surface area contributed by atoms with E-state index in [0.717, 1.165) is 23.7 Å². The molecule has 0 amide bonds. The van der Waals surface area contributed by atoms with Crippen molar-refractivity contribution in [3.8, 4) is 0 Å². The van der Waals surface area contributed by atoms with Crippen molar-refractivity contribution in [2.45, 2.75) is 33.6 Å². The van der Waals surface area contributed by atoms with E-state index >= 15 is 0 Å². The molecule has 0 aromatic carbocycles. The van der Waals surface area contributed by atoms with Gasteiger partial charge in [0, 0.05) is 13.6 Å². The van der Waals surface area contributed by atoms with Gasteiger partial charge in [-0.25, -0.2) is 0 Å². The highest BCUT2D eigenvalue weighted by molar-refractivity contribution is 5.64. The lowest BCUT2D eigenvalue weighted by atomic mass is 10.0. The average Bonchev–Trinajstić information content (AvgIpc) is 2.45. The van der Waals surface area contributed by atoms with Gasteiger partial charge in [-0.1, -0.05) is 26.7 Å². The summed E-state index contributed by atoms with van der Waals surface area (Å²) in [6, 6.07) is 0. The normalized spacial score (nSPS) is 11.0. The van der Waals surface area contributed by atoms with Crippen molar-refractivity contribution in [2.24, 2.45) is 13.0 Å². The molecule has 0 atom stereocenters. The van der Waals surface area contributed by atoms with Crippen LogP contribution in [0.2, 0.25) is 0 Å². The Balaban J connectivity index is 2.64. The molecule has 4 heteroatoms. The third kappa shape index (κ3) is 2.64. The molecule has 1 rings (SSSR count). The maximum absolute atomic E-state index is 5.93. The SMILES string of the molecule is CCC(CC)CNc1c(N)c(C)nn1C. The van der Waals surface area contributed by atoms with E-state index in [1.165, 1.54) is 12.8 Å². The van der Waals surface area contributed by atoms with Crippen LogP contribution in [-0.4, -0.2) is 16.3 Å². The van der Waals surface area contributed by atoms with Gasteiger partial charge in [-0.2, -0.15) is 5.10 Å². The lowest BCUT2D eigenvalue weighted by molar-refractivity contribution is 0.517. The van der Waals surface area contributed by atoms with Crippen LogP contribution < -0.4 is 11.1 Å². The van der Waals surface area contributed by atoms with Gasteiger partial charge in [0.05, 0.1) is 11.4 Å². The molecule has 0 aliphatic heterocycles. The van der Waals surface area contributed by atoms with Crippen molar-refractivity contribution in [3.63, 3.8) is 0 Å². The first-order valence-corrected chi connectivity index (χ1v) is 5.63. The summed E-state index contributed by atoms with van der Waals surface area (Å²) in [7, 11) is 1.92. The predicted molar refractivity (Wildman–Crippen MR) is 64.9 cm³/mol. The van der Waals surface area contributed by atoms with Crippen LogP contribution in [0.4, 0.5) is 11.5 Å². The molecular weight excluding hydrogens is 188 g/mol. The number of rotatable bonds is 5. The number of hydrogen-bond acceptors (Lipinski definition) is 3. The molecule has 1 aromatic heterocycles. The zero-order chi connectivity index (χ0) is 11.4. The number of aryl methyl sites for hydroxylation is 2. The molecule has 0 fully saturated rings. The predicted octanol–water partition coefficient (Wildman–Crippen LogP) is 2.16. The number of aromatic nitrogens is 2. The van der Waals surface area contributed by atoms with Crippen molar-refractivity contribution in [1.29, 1.82) is 0 Å². The van der Waals surface area contributed by atoms with E-state index in [1.807, 2.05) is 18.7 Å². The Hall–Kier alpha value is -1.19. The van der Waals surface area contributed by atoms with Crippen molar-refractivity contribution < 1.29 is 0 Å². The molecule has 0 spiro atoms. The van der Waals surface area contributed by atoms with E-state index in [4.69, 9.17) is 5.73 Å². The zero-order valence-electron chi connectivity index (χ0n) is 10.2. The Morgan fingerprint density at radius 3 is 2.40 bits per heavy atom. The average molecular weight is 210 g/mol. The minimum atomic E-state index is 0.708. The molecule has 0 aliphatic rings. The third-order valence-corrected chi connectivity index (χ3v) is 2.98. The molecular formula is C11H22N4. The van der Waals surface area contributed by atoms with E-state index in [0.29, 0.717) is 5.92 Å². The van der Waals surface area contributed by atoms with E-state index in [1.54, 1.807) is 0 Å². The third-order valence-electron chi connectivity index (χ3n) is 2.98. The number of hydrogen-bond donors (Lipinski definition) is 2. The van der Waals surface area contributed by atoms with Crippen LogP contribution in [0, 0.1) is 12.8 Å². The van der Waals surface area contributed by atoms with Gasteiger partial charge in [0.25, 0.3) is 0 Å². The maximum Gasteiger partial charge on any atom is 0.147 e. The van der Waals surface area contributed by atoms with E-state index < -0.39 is 0 Å². The van der Waals surface area contributed by atoms with E-state index in [9.17, 15) is 0 Å². The van der Waals surface area contributed by atoms with Gasteiger partial charge >= 0.3 is 0 Å². The van der Waals surface area contributed by atoms with E-state index in [2.05, 4.69) is 24.3 Å². The highest BCUT2D eigenvalue weighted by Gasteiger charge is 2.10. The molecule has 1 aromatic rings. The van der Waals surface area contributed by atoms with Gasteiger partial charge in [-0.3, -0.25) is 4.68 Å². The molecule has 0 radical (unpaired) electrons. The van der Waals surface area contributed by atoms with Crippen molar-refractivity contribution >= 4 is 11.5 Å². The minimum Gasteiger partial charge on any atom is -0.394 e. The Labute approximate surface area is 91.8 Å². The van der Waals surface area contributed by atoms with E-state index in [-0.39, 0.29) is 0 Å². The molecule has 0 saturated heterocycles. The number of anilines is 2. The Morgan fingerprint density at radius 2 is 2.00 bits per heavy atom. The van der Waals surface area contributed by atoms with Crippen LogP contribution in [-0.2, 0) is 7.05 Å². The van der Waals surface area contributed by atoms with Crippen LogP contribution in [0.25, 0.3) is 0 Å². The summed E-state index contributed by atoms with van der Waals surface area (Å²) in [5, 5.41) is 7.65. The Bertz CT molecular complexity index is 313. The standard InChI is InChI=1S/C11H22N4/c1-5-9(6-2)7-13-11-10(12)8(3)14-15(11)4/h9,13H,5-7,12H2,1-4H3. The van der Waals surface area contributed by atoms with Gasteiger partial charge in [-0.05, 0) is 12.8 Å². The summed E-state index contributed by atoms with van der Waals surface area (Å²) >= 11 is 0. The van der Waals surface area contributed by atoms with Gasteiger partial charge in [-0.15, -0.1) is 0 Å². The van der Waals surface area contributed by atoms with Crippen LogP contribution in [0.3, 0.4) is 0 Å². The second-order valence-electron chi connectivity index (χ2n) is 4.03. The van der Waals surface area contributed by atoms with Gasteiger partial charge in [0.2, 0.25) is 0 Å². The van der Waals surface area contributed by atoms with Crippen molar-refractivity contribution in [3.05, 3.63) is 5.69 Å². The fraction of sp³-hybridized carbons (Fsp3) is 0.727. The first-order chi connectivity index (χ1) is 7.10. The quantitative estimate of drug-likeness (QED) is 0.783. The van der Waals surface area contributed by atoms with Crippen LogP contribution in [0.1, 0.15) is 32.4 Å². The fourth-order valence-corrected chi connectivity index (χ4v) is 1.70. The molecule has 15 heavy (non-hydrogen) atoms. The van der Waals surface area contributed by atoms with Gasteiger partial charge in [0.15, 0.2) is 0 Å². The topological polar surface area (TPSA) is 55.9 Å². The van der Waals surface area contributed by atoms with Crippen molar-refractivity contribution in [2.75, 3.05) is 17.6 Å². The van der Waals surface area contributed by atoms with Crippen molar-refractivity contribution in [1.82, 2.24) is 9.78 Å². The number of nitrogens with one attached hydrogen (secondary N) is 1. The Morgan fingerprint density at radius 1 is 1.40 bits per heavy atom. The maximum atomic E-state index is 5.93. The molecule has 0 unspecified atom stereocenters. The molecule has 0 bridgehead atoms. The molecule has 86 valence electrons. The number of nitrogen functional groups attached to an aromatic ring is 1. The molecule has 0 aliphatic carbocycles. The second kappa shape index (κ2) is 5.05. The first-order valence-electron chi connectivity index (χ1n) is 5.63. The summed E-state index contributed by atoms with van der Waals surface area (Å²) in [5.41, 5.74) is 7.59. The number of nitrogens with zero attached hydrogens (tertiary/aromatic N) is 2. The largest absolute Gasteiger partial charge is 0.394 e. The molecule has 4 nitrogen and oxygen atoms in total. The van der Waals surface area contributed by atoms with Gasteiger partial charge < -0.3 is 11.1 Å². The molecule has 0 saturated carbocycles. The lowest BCUT2D eigenvalue weighted by Crippen LogP contribution is -2.15. The summed E-state index contributed by atoms with van der Waals surface area (Å²) in [6.45, 7) is 7.33. The summed E-state index contributed by atoms with van der Waals surface area (Å²) < 4.78 is 1.81. The zero-order valence-corrected chi connectivity index (χ0v) is 10.2. The highest BCUT2D eigenvalue weighted by atomic mass is 15.3. The monoisotopic (exact) mass is 210 g/mol. The summed E-state index contributed by atoms with van der Waals surface area (Å²) in [4.78, 5) is 0.